The number of hydrogen-bond acceptors (Lipinski definition) is 5. The van der Waals surface area contributed by atoms with Crippen molar-refractivity contribution in [3.8, 4) is 11.3 Å². The minimum absolute atomic E-state index is 0.331. The molecule has 0 atom stereocenters. The molecule has 0 aliphatic carbocycles. The number of fused-ring (bicyclic) bond motifs is 1. The van der Waals surface area contributed by atoms with E-state index in [0.717, 1.165) is 16.8 Å². The van der Waals surface area contributed by atoms with E-state index >= 15 is 0 Å². The quantitative estimate of drug-likeness (QED) is 0.513. The van der Waals surface area contributed by atoms with Crippen LogP contribution in [-0.2, 0) is 0 Å². The standard InChI is InChI=1S/C18H11ClN4O/c19-18(21-15-7-4-8-16-17(15)23-24-22-16)13-9-10-14(20-11-13)12-5-2-1-3-6-12/h1-11H. The molecule has 0 aliphatic rings. The van der Waals surface area contributed by atoms with Gasteiger partial charge in [0.25, 0.3) is 0 Å². The first-order valence-corrected chi connectivity index (χ1v) is 7.66. The molecule has 116 valence electrons. The third kappa shape index (κ3) is 2.77. The smallest absolute Gasteiger partial charge is 0.160 e. The fourth-order valence-corrected chi connectivity index (χ4v) is 2.55. The molecule has 0 saturated carbocycles. The van der Waals surface area contributed by atoms with Crippen LogP contribution in [0.3, 0.4) is 0 Å². The van der Waals surface area contributed by atoms with E-state index in [9.17, 15) is 0 Å². The molecule has 6 heteroatoms. The van der Waals surface area contributed by atoms with Crippen molar-refractivity contribution in [3.63, 3.8) is 0 Å². The molecule has 4 rings (SSSR count). The van der Waals surface area contributed by atoms with Crippen molar-refractivity contribution in [1.29, 1.82) is 0 Å². The summed E-state index contributed by atoms with van der Waals surface area (Å²) in [6.07, 6.45) is 1.70. The van der Waals surface area contributed by atoms with Crippen LogP contribution in [0.15, 0.2) is 76.5 Å². The summed E-state index contributed by atoms with van der Waals surface area (Å²) >= 11 is 6.34. The molecule has 2 aromatic heterocycles. The van der Waals surface area contributed by atoms with Gasteiger partial charge < -0.3 is 0 Å². The molecule has 0 saturated heterocycles. The van der Waals surface area contributed by atoms with Crippen molar-refractivity contribution in [2.45, 2.75) is 0 Å². The van der Waals surface area contributed by atoms with Gasteiger partial charge in [0.05, 0.1) is 11.4 Å². The lowest BCUT2D eigenvalue weighted by atomic mass is 10.1. The van der Waals surface area contributed by atoms with E-state index < -0.39 is 0 Å². The third-order valence-electron chi connectivity index (χ3n) is 3.55. The van der Waals surface area contributed by atoms with Gasteiger partial charge in [-0.15, -0.1) is 0 Å². The average Bonchev–Trinajstić information content (AvgIpc) is 3.12. The summed E-state index contributed by atoms with van der Waals surface area (Å²) in [5, 5.41) is 7.98. The molecule has 2 aromatic carbocycles. The van der Waals surface area contributed by atoms with Crippen LogP contribution in [0.4, 0.5) is 5.69 Å². The Hall–Kier alpha value is -3.05. The summed E-state index contributed by atoms with van der Waals surface area (Å²) < 4.78 is 4.73. The molecule has 0 fully saturated rings. The van der Waals surface area contributed by atoms with Crippen molar-refractivity contribution in [2.24, 2.45) is 4.99 Å². The number of hydrogen-bond donors (Lipinski definition) is 0. The number of halogens is 1. The second-order valence-corrected chi connectivity index (χ2v) is 5.47. The summed E-state index contributed by atoms with van der Waals surface area (Å²) in [6, 6.07) is 19.2. The summed E-state index contributed by atoms with van der Waals surface area (Å²) in [6.45, 7) is 0. The maximum Gasteiger partial charge on any atom is 0.160 e. The normalized spacial score (nSPS) is 11.8. The predicted octanol–water partition coefficient (Wildman–Crippen LogP) is 4.60. The maximum atomic E-state index is 6.34. The van der Waals surface area contributed by atoms with E-state index in [1.165, 1.54) is 0 Å². The Kier molecular flexibility index (Phi) is 3.76. The van der Waals surface area contributed by atoms with Gasteiger partial charge in [0.2, 0.25) is 0 Å². The predicted molar refractivity (Wildman–Crippen MR) is 93.5 cm³/mol. The largest absolute Gasteiger partial charge is 0.256 e. The Morgan fingerprint density at radius 2 is 1.79 bits per heavy atom. The molecular weight excluding hydrogens is 324 g/mol. The highest BCUT2D eigenvalue weighted by molar-refractivity contribution is 6.69. The van der Waals surface area contributed by atoms with Crippen LogP contribution < -0.4 is 0 Å². The molecule has 0 aliphatic heterocycles. The second kappa shape index (κ2) is 6.22. The Morgan fingerprint density at radius 3 is 2.58 bits per heavy atom. The Morgan fingerprint density at radius 1 is 0.917 bits per heavy atom. The highest BCUT2D eigenvalue weighted by atomic mass is 35.5. The number of benzene rings is 2. The Bertz CT molecular complexity index is 1010. The van der Waals surface area contributed by atoms with E-state index in [0.29, 0.717) is 21.9 Å². The zero-order valence-electron chi connectivity index (χ0n) is 12.4. The molecule has 0 amide bonds. The number of rotatable bonds is 3. The van der Waals surface area contributed by atoms with Gasteiger partial charge in [-0.05, 0) is 34.6 Å². The molecule has 2 heterocycles. The molecular formula is C18H11ClN4O. The van der Waals surface area contributed by atoms with Crippen molar-refractivity contribution in [3.05, 3.63) is 72.4 Å². The number of pyridine rings is 1. The molecule has 0 bridgehead atoms. The van der Waals surface area contributed by atoms with Crippen LogP contribution in [0.2, 0.25) is 0 Å². The van der Waals surface area contributed by atoms with Crippen molar-refractivity contribution in [1.82, 2.24) is 15.3 Å². The zero-order valence-corrected chi connectivity index (χ0v) is 13.2. The molecule has 0 spiro atoms. The van der Waals surface area contributed by atoms with Gasteiger partial charge >= 0.3 is 0 Å². The van der Waals surface area contributed by atoms with Crippen LogP contribution in [-0.4, -0.2) is 20.5 Å². The number of nitrogens with zero attached hydrogens (tertiary/aromatic N) is 4. The first-order valence-electron chi connectivity index (χ1n) is 7.28. The second-order valence-electron chi connectivity index (χ2n) is 5.11. The molecule has 0 unspecified atom stereocenters. The summed E-state index contributed by atoms with van der Waals surface area (Å²) in [5.41, 5.74) is 4.47. The first-order chi connectivity index (χ1) is 11.8. The van der Waals surface area contributed by atoms with Crippen LogP contribution >= 0.6 is 11.6 Å². The van der Waals surface area contributed by atoms with Crippen LogP contribution in [0.25, 0.3) is 22.3 Å². The van der Waals surface area contributed by atoms with Crippen molar-refractivity contribution < 1.29 is 4.63 Å². The summed E-state index contributed by atoms with van der Waals surface area (Å²) in [5.74, 6) is 0. The van der Waals surface area contributed by atoms with Crippen LogP contribution in [0.1, 0.15) is 5.56 Å². The van der Waals surface area contributed by atoms with E-state index in [1.807, 2.05) is 48.5 Å². The van der Waals surface area contributed by atoms with Gasteiger partial charge in [0, 0.05) is 17.3 Å². The molecule has 0 N–H and O–H groups in total. The number of aliphatic imine (C=N–C) groups is 1. The van der Waals surface area contributed by atoms with Crippen LogP contribution in [0, 0.1) is 0 Å². The zero-order chi connectivity index (χ0) is 16.4. The molecule has 5 nitrogen and oxygen atoms in total. The van der Waals surface area contributed by atoms with Crippen molar-refractivity contribution >= 4 is 33.5 Å². The van der Waals surface area contributed by atoms with E-state index in [1.54, 1.807) is 18.3 Å². The van der Waals surface area contributed by atoms with E-state index in [-0.39, 0.29) is 0 Å². The fourth-order valence-electron chi connectivity index (χ4n) is 2.35. The third-order valence-corrected chi connectivity index (χ3v) is 3.86. The Balaban J connectivity index is 1.67. The highest BCUT2D eigenvalue weighted by Crippen LogP contribution is 2.25. The van der Waals surface area contributed by atoms with E-state index in [2.05, 4.69) is 20.3 Å². The van der Waals surface area contributed by atoms with Gasteiger partial charge in [-0.1, -0.05) is 48.0 Å². The van der Waals surface area contributed by atoms with Gasteiger partial charge in [-0.3, -0.25) is 4.98 Å². The summed E-state index contributed by atoms with van der Waals surface area (Å²) in [7, 11) is 0. The van der Waals surface area contributed by atoms with Crippen molar-refractivity contribution in [2.75, 3.05) is 0 Å². The summed E-state index contributed by atoms with van der Waals surface area (Å²) in [4.78, 5) is 8.86. The lowest BCUT2D eigenvalue weighted by Crippen LogP contribution is -1.93. The number of aromatic nitrogens is 3. The molecule has 24 heavy (non-hydrogen) atoms. The molecule has 4 aromatic rings. The molecule has 0 radical (unpaired) electrons. The minimum atomic E-state index is 0.331. The van der Waals surface area contributed by atoms with Gasteiger partial charge in [-0.2, -0.15) is 0 Å². The highest BCUT2D eigenvalue weighted by Gasteiger charge is 2.08. The fraction of sp³-hybridized carbons (Fsp3) is 0. The topological polar surface area (TPSA) is 64.2 Å². The lowest BCUT2D eigenvalue weighted by molar-refractivity contribution is 0.315. The SMILES string of the molecule is ClC(=Nc1cccc2nonc12)c1ccc(-c2ccccc2)nc1. The van der Waals surface area contributed by atoms with Gasteiger partial charge in [0.1, 0.15) is 10.7 Å². The average molecular weight is 335 g/mol. The lowest BCUT2D eigenvalue weighted by Gasteiger charge is -2.03. The Labute approximate surface area is 142 Å². The van der Waals surface area contributed by atoms with E-state index in [4.69, 9.17) is 16.2 Å². The first kappa shape index (κ1) is 14.5. The minimum Gasteiger partial charge on any atom is -0.256 e. The monoisotopic (exact) mass is 334 g/mol. The van der Waals surface area contributed by atoms with Crippen LogP contribution in [0.5, 0.6) is 0 Å². The maximum absolute atomic E-state index is 6.34. The van der Waals surface area contributed by atoms with Gasteiger partial charge in [-0.25, -0.2) is 9.62 Å². The van der Waals surface area contributed by atoms with Gasteiger partial charge in [0.15, 0.2) is 5.52 Å².